The van der Waals surface area contributed by atoms with Crippen LogP contribution < -0.4 is 16.0 Å². The van der Waals surface area contributed by atoms with Gasteiger partial charge in [0.2, 0.25) is 11.8 Å². The fraction of sp³-hybridized carbons (Fsp3) is 0.438. The first-order valence-electron chi connectivity index (χ1n) is 14.4. The molecular formula is C32H39N5O2. The molecule has 1 spiro atoms. The van der Waals surface area contributed by atoms with Crippen molar-refractivity contribution in [3.8, 4) is 0 Å². The van der Waals surface area contributed by atoms with Gasteiger partial charge in [0.1, 0.15) is 12.1 Å². The Bertz CT molecular complexity index is 1320. The van der Waals surface area contributed by atoms with Crippen molar-refractivity contribution in [1.82, 2.24) is 15.1 Å². The first kappa shape index (κ1) is 25.8. The Labute approximate surface area is 230 Å². The number of benzene rings is 3. The Balaban J connectivity index is 1.17. The molecule has 3 N–H and O–H groups in total. The third-order valence-electron chi connectivity index (χ3n) is 9.04. The van der Waals surface area contributed by atoms with Gasteiger partial charge in [-0.15, -0.1) is 0 Å². The molecule has 6 rings (SSSR count). The van der Waals surface area contributed by atoms with Crippen LogP contribution in [0.15, 0.2) is 72.8 Å². The fourth-order valence-corrected chi connectivity index (χ4v) is 6.84. The summed E-state index contributed by atoms with van der Waals surface area (Å²) in [6.45, 7) is 3.03. The van der Waals surface area contributed by atoms with E-state index in [1.54, 1.807) is 4.90 Å². The number of fused-ring (bicyclic) bond motifs is 1. The first-order valence-corrected chi connectivity index (χ1v) is 14.4. The fourth-order valence-electron chi connectivity index (χ4n) is 6.84. The van der Waals surface area contributed by atoms with Crippen LogP contribution in [-0.2, 0) is 16.1 Å². The van der Waals surface area contributed by atoms with Gasteiger partial charge in [-0.3, -0.25) is 14.5 Å². The lowest BCUT2D eigenvalue weighted by molar-refractivity contribution is -0.137. The molecule has 3 fully saturated rings. The summed E-state index contributed by atoms with van der Waals surface area (Å²) in [6, 6.07) is 25.2. The highest BCUT2D eigenvalue weighted by atomic mass is 16.2. The number of amides is 2. The zero-order chi connectivity index (χ0) is 26.8. The number of nitrogens with one attached hydrogen (secondary N) is 1. The zero-order valence-corrected chi connectivity index (χ0v) is 22.6. The molecule has 2 atom stereocenters. The van der Waals surface area contributed by atoms with Gasteiger partial charge in [0.05, 0.1) is 6.67 Å². The number of likely N-dealkylation sites (tertiary alicyclic amines) is 1. The van der Waals surface area contributed by atoms with Gasteiger partial charge >= 0.3 is 0 Å². The summed E-state index contributed by atoms with van der Waals surface area (Å²) in [6.07, 6.45) is 5.52. The maximum atomic E-state index is 14.1. The summed E-state index contributed by atoms with van der Waals surface area (Å²) in [5.41, 5.74) is 7.99. The minimum absolute atomic E-state index is 0.000415. The lowest BCUT2D eigenvalue weighted by atomic mass is 9.85. The monoisotopic (exact) mass is 525 g/mol. The Kier molecular flexibility index (Phi) is 7.28. The summed E-state index contributed by atoms with van der Waals surface area (Å²) in [5.74, 6) is -0.0385. The molecular weight excluding hydrogens is 486 g/mol. The molecule has 2 aliphatic heterocycles. The lowest BCUT2D eigenvalue weighted by Crippen LogP contribution is -2.56. The van der Waals surface area contributed by atoms with E-state index in [9.17, 15) is 9.59 Å². The van der Waals surface area contributed by atoms with Crippen LogP contribution in [0, 0.1) is 0 Å². The Morgan fingerprint density at radius 1 is 0.923 bits per heavy atom. The predicted molar refractivity (Wildman–Crippen MR) is 155 cm³/mol. The summed E-state index contributed by atoms with van der Waals surface area (Å²) in [5, 5.41) is 5.67. The van der Waals surface area contributed by atoms with E-state index >= 15 is 0 Å². The molecule has 2 amide bonds. The molecule has 0 bridgehead atoms. The van der Waals surface area contributed by atoms with E-state index in [1.807, 2.05) is 18.2 Å². The first-order chi connectivity index (χ1) is 19.0. The van der Waals surface area contributed by atoms with Crippen LogP contribution in [-0.4, -0.2) is 65.5 Å². The Morgan fingerprint density at radius 3 is 2.44 bits per heavy atom. The van der Waals surface area contributed by atoms with Crippen LogP contribution in [0.5, 0.6) is 0 Å². The van der Waals surface area contributed by atoms with Crippen molar-refractivity contribution in [1.29, 1.82) is 0 Å². The molecule has 7 heteroatoms. The summed E-state index contributed by atoms with van der Waals surface area (Å²) in [7, 11) is 0. The molecule has 1 saturated carbocycles. The van der Waals surface area contributed by atoms with E-state index in [1.165, 1.54) is 16.3 Å². The molecule has 3 aromatic carbocycles. The van der Waals surface area contributed by atoms with Crippen molar-refractivity contribution in [2.45, 2.75) is 62.7 Å². The highest BCUT2D eigenvalue weighted by Crippen LogP contribution is 2.40. The van der Waals surface area contributed by atoms with Gasteiger partial charge in [0.25, 0.3) is 0 Å². The SMILES string of the molecule is N[C@@H]1CCCC[C@H]1NC(=O)CN1CN(c2ccccc2)C2(CCN(Cc3cccc4ccccc34)CC2)C1=O. The van der Waals surface area contributed by atoms with Gasteiger partial charge in [0.15, 0.2) is 0 Å². The summed E-state index contributed by atoms with van der Waals surface area (Å²) >= 11 is 0. The van der Waals surface area contributed by atoms with Crippen molar-refractivity contribution in [3.05, 3.63) is 78.4 Å². The van der Waals surface area contributed by atoms with Gasteiger partial charge in [-0.25, -0.2) is 0 Å². The molecule has 2 saturated heterocycles. The number of para-hydroxylation sites is 1. The number of nitrogens with zero attached hydrogens (tertiary/aromatic N) is 3. The molecule has 3 aliphatic rings. The van der Waals surface area contributed by atoms with E-state index in [4.69, 9.17) is 5.73 Å². The van der Waals surface area contributed by atoms with E-state index in [0.29, 0.717) is 6.67 Å². The van der Waals surface area contributed by atoms with Crippen LogP contribution in [0.25, 0.3) is 10.8 Å². The number of hydrogen-bond donors (Lipinski definition) is 2. The van der Waals surface area contributed by atoms with Crippen LogP contribution >= 0.6 is 0 Å². The van der Waals surface area contributed by atoms with E-state index < -0.39 is 5.54 Å². The number of carbonyl (C=O) groups is 2. The molecule has 3 aromatic rings. The minimum Gasteiger partial charge on any atom is -0.350 e. The quantitative estimate of drug-likeness (QED) is 0.511. The minimum atomic E-state index is -0.627. The molecule has 1 aliphatic carbocycles. The normalized spacial score (nSPS) is 23.5. The molecule has 204 valence electrons. The Morgan fingerprint density at radius 2 is 1.64 bits per heavy atom. The highest BCUT2D eigenvalue weighted by molar-refractivity contribution is 5.96. The third kappa shape index (κ3) is 5.13. The second-order valence-electron chi connectivity index (χ2n) is 11.5. The summed E-state index contributed by atoms with van der Waals surface area (Å²) < 4.78 is 0. The number of anilines is 1. The van der Waals surface area contributed by atoms with Crippen LogP contribution in [0.4, 0.5) is 5.69 Å². The number of rotatable bonds is 6. The second-order valence-corrected chi connectivity index (χ2v) is 11.5. The number of carbonyl (C=O) groups excluding carboxylic acids is 2. The number of hydrogen-bond acceptors (Lipinski definition) is 5. The van der Waals surface area contributed by atoms with E-state index in [0.717, 1.165) is 63.8 Å². The number of piperidine rings is 1. The van der Waals surface area contributed by atoms with Crippen molar-refractivity contribution in [3.63, 3.8) is 0 Å². The molecule has 7 nitrogen and oxygen atoms in total. The zero-order valence-electron chi connectivity index (χ0n) is 22.6. The van der Waals surface area contributed by atoms with Crippen molar-refractivity contribution >= 4 is 28.3 Å². The predicted octanol–water partition coefficient (Wildman–Crippen LogP) is 3.87. The molecule has 0 radical (unpaired) electrons. The average molecular weight is 526 g/mol. The van der Waals surface area contributed by atoms with Crippen molar-refractivity contribution in [2.75, 3.05) is 31.2 Å². The van der Waals surface area contributed by atoms with Gasteiger partial charge in [-0.05, 0) is 54.2 Å². The van der Waals surface area contributed by atoms with E-state index in [2.05, 4.69) is 69.7 Å². The van der Waals surface area contributed by atoms with Crippen LogP contribution in [0.3, 0.4) is 0 Å². The lowest BCUT2D eigenvalue weighted by Gasteiger charge is -2.43. The maximum Gasteiger partial charge on any atom is 0.250 e. The van der Waals surface area contributed by atoms with Crippen molar-refractivity contribution < 1.29 is 9.59 Å². The topological polar surface area (TPSA) is 81.9 Å². The van der Waals surface area contributed by atoms with Gasteiger partial charge in [0, 0.05) is 37.4 Å². The molecule has 0 unspecified atom stereocenters. The van der Waals surface area contributed by atoms with Gasteiger partial charge in [-0.2, -0.15) is 0 Å². The standard InChI is InChI=1S/C32H39N5O2/c33-28-15-6-7-16-29(28)34-30(38)22-36-23-37(26-12-2-1-3-13-26)32(31(36)39)17-19-35(20-18-32)21-25-11-8-10-24-9-4-5-14-27(24)25/h1-5,8-14,28-29H,6-7,15-23,33H2,(H,34,38)/t28-,29-/m1/s1. The van der Waals surface area contributed by atoms with Gasteiger partial charge in [-0.1, -0.05) is 73.5 Å². The third-order valence-corrected chi connectivity index (χ3v) is 9.04. The largest absolute Gasteiger partial charge is 0.350 e. The second kappa shape index (κ2) is 11.0. The van der Waals surface area contributed by atoms with Crippen LogP contribution in [0.2, 0.25) is 0 Å². The Hall–Kier alpha value is -3.42. The van der Waals surface area contributed by atoms with Crippen LogP contribution in [0.1, 0.15) is 44.1 Å². The highest BCUT2D eigenvalue weighted by Gasteiger charge is 2.54. The van der Waals surface area contributed by atoms with Crippen molar-refractivity contribution in [2.24, 2.45) is 5.73 Å². The molecule has 2 heterocycles. The summed E-state index contributed by atoms with van der Waals surface area (Å²) in [4.78, 5) is 33.6. The van der Waals surface area contributed by atoms with Gasteiger partial charge < -0.3 is 20.9 Å². The molecule has 39 heavy (non-hydrogen) atoms. The molecule has 0 aromatic heterocycles. The van der Waals surface area contributed by atoms with E-state index in [-0.39, 0.29) is 30.4 Å². The smallest absolute Gasteiger partial charge is 0.250 e. The average Bonchev–Trinajstić information content (AvgIpc) is 3.22. The number of nitrogens with two attached hydrogens (primary N) is 1. The maximum absolute atomic E-state index is 14.1.